The molecule has 4 unspecified atom stereocenters. The summed E-state index contributed by atoms with van der Waals surface area (Å²) >= 11 is 0. The Morgan fingerprint density at radius 3 is 2.42 bits per heavy atom. The van der Waals surface area contributed by atoms with Gasteiger partial charge in [0, 0.05) is 25.2 Å². The fourth-order valence-corrected chi connectivity index (χ4v) is 4.11. The molecule has 110 valence electrons. The van der Waals surface area contributed by atoms with E-state index in [4.69, 9.17) is 5.73 Å². The van der Waals surface area contributed by atoms with E-state index in [9.17, 15) is 5.11 Å². The van der Waals surface area contributed by atoms with Crippen molar-refractivity contribution >= 4 is 0 Å². The van der Waals surface area contributed by atoms with E-state index >= 15 is 0 Å². The van der Waals surface area contributed by atoms with Gasteiger partial charge in [0.15, 0.2) is 0 Å². The molecule has 4 atom stereocenters. The minimum absolute atomic E-state index is 0.0573. The van der Waals surface area contributed by atoms with E-state index in [1.807, 2.05) is 0 Å². The van der Waals surface area contributed by atoms with Crippen molar-refractivity contribution in [3.63, 3.8) is 0 Å². The highest BCUT2D eigenvalue weighted by Gasteiger charge is 2.39. The van der Waals surface area contributed by atoms with Gasteiger partial charge in [-0.15, -0.1) is 0 Å². The minimum atomic E-state index is -0.0573. The maximum absolute atomic E-state index is 10.2. The quantitative estimate of drug-likeness (QED) is 0.773. The van der Waals surface area contributed by atoms with Crippen molar-refractivity contribution in [2.45, 2.75) is 70.1 Å². The van der Waals surface area contributed by atoms with Crippen LogP contribution in [-0.2, 0) is 0 Å². The first-order valence-electron chi connectivity index (χ1n) is 8.35. The highest BCUT2D eigenvalue weighted by Crippen LogP contribution is 2.40. The van der Waals surface area contributed by atoms with Crippen molar-refractivity contribution in [3.05, 3.63) is 0 Å². The molecule has 0 spiro atoms. The summed E-state index contributed by atoms with van der Waals surface area (Å²) in [7, 11) is 0. The fraction of sp³-hybridized carbons (Fsp3) is 1.00. The molecule has 3 rings (SSSR count). The van der Waals surface area contributed by atoms with Crippen LogP contribution in [-0.4, -0.2) is 41.3 Å². The average Bonchev–Trinajstić information content (AvgIpc) is 3.23. The van der Waals surface area contributed by atoms with Crippen molar-refractivity contribution in [1.82, 2.24) is 4.90 Å². The summed E-state index contributed by atoms with van der Waals surface area (Å²) in [5.74, 6) is 2.16. The van der Waals surface area contributed by atoms with Crippen molar-refractivity contribution in [2.24, 2.45) is 23.5 Å². The van der Waals surface area contributed by atoms with E-state index in [0.717, 1.165) is 31.3 Å². The maximum atomic E-state index is 10.2. The second-order valence-corrected chi connectivity index (χ2v) is 7.27. The molecule has 0 bridgehead atoms. The summed E-state index contributed by atoms with van der Waals surface area (Å²) in [4.78, 5) is 2.65. The molecule has 0 aromatic heterocycles. The Bertz CT molecular complexity index is 301. The highest BCUT2D eigenvalue weighted by molar-refractivity contribution is 4.93. The number of likely N-dealkylation sites (tertiary alicyclic amines) is 1. The van der Waals surface area contributed by atoms with Gasteiger partial charge >= 0.3 is 0 Å². The summed E-state index contributed by atoms with van der Waals surface area (Å²) in [6, 6.07) is 1.07. The van der Waals surface area contributed by atoms with Crippen LogP contribution in [0.4, 0.5) is 0 Å². The van der Waals surface area contributed by atoms with Crippen LogP contribution >= 0.6 is 0 Å². The summed E-state index contributed by atoms with van der Waals surface area (Å²) in [6.07, 6.45) is 8.61. The molecular formula is C16H30N2O. The Morgan fingerprint density at radius 2 is 1.84 bits per heavy atom. The Morgan fingerprint density at radius 1 is 1.16 bits per heavy atom. The molecule has 2 aliphatic carbocycles. The van der Waals surface area contributed by atoms with Crippen molar-refractivity contribution in [2.75, 3.05) is 13.1 Å². The smallest absolute Gasteiger partial charge is 0.0571 e. The van der Waals surface area contributed by atoms with Gasteiger partial charge in [-0.2, -0.15) is 0 Å². The van der Waals surface area contributed by atoms with Crippen LogP contribution in [0, 0.1) is 17.8 Å². The number of piperidine rings is 1. The van der Waals surface area contributed by atoms with Gasteiger partial charge in [0.05, 0.1) is 6.10 Å². The SMILES string of the molecule is CCC(C1CC1)N1CC(N)CC(CC(O)C2CC2)C1. The molecule has 1 heterocycles. The van der Waals surface area contributed by atoms with Gasteiger partial charge in [0.25, 0.3) is 0 Å². The Labute approximate surface area is 117 Å². The van der Waals surface area contributed by atoms with Gasteiger partial charge < -0.3 is 10.8 Å². The van der Waals surface area contributed by atoms with Gasteiger partial charge in [-0.1, -0.05) is 6.92 Å². The minimum Gasteiger partial charge on any atom is -0.393 e. The molecule has 3 fully saturated rings. The Kier molecular flexibility index (Phi) is 4.16. The lowest BCUT2D eigenvalue weighted by Crippen LogP contribution is -2.52. The van der Waals surface area contributed by atoms with E-state index in [1.165, 1.54) is 38.6 Å². The molecule has 1 saturated heterocycles. The van der Waals surface area contributed by atoms with Crippen LogP contribution in [0.3, 0.4) is 0 Å². The van der Waals surface area contributed by atoms with Gasteiger partial charge in [-0.05, 0) is 62.7 Å². The Hall–Kier alpha value is -0.120. The van der Waals surface area contributed by atoms with Crippen molar-refractivity contribution in [3.8, 4) is 0 Å². The first-order valence-corrected chi connectivity index (χ1v) is 8.35. The molecule has 3 aliphatic rings. The number of rotatable bonds is 6. The number of nitrogens with zero attached hydrogens (tertiary/aromatic N) is 1. The summed E-state index contributed by atoms with van der Waals surface area (Å²) in [6.45, 7) is 4.56. The second-order valence-electron chi connectivity index (χ2n) is 7.27. The highest BCUT2D eigenvalue weighted by atomic mass is 16.3. The molecule has 3 N–H and O–H groups in total. The lowest BCUT2D eigenvalue weighted by molar-refractivity contribution is 0.0554. The maximum Gasteiger partial charge on any atom is 0.0571 e. The predicted molar refractivity (Wildman–Crippen MR) is 77.8 cm³/mol. The summed E-state index contributed by atoms with van der Waals surface area (Å²) in [5, 5.41) is 10.2. The number of aliphatic hydroxyl groups is 1. The first-order chi connectivity index (χ1) is 9.17. The standard InChI is InChI=1S/C16H30N2O/c1-2-15(12-3-4-12)18-9-11(7-14(17)10-18)8-16(19)13-5-6-13/h11-16,19H,2-10,17H2,1H3. The number of nitrogens with two attached hydrogens (primary N) is 1. The van der Waals surface area contributed by atoms with Crippen LogP contribution in [0.15, 0.2) is 0 Å². The van der Waals surface area contributed by atoms with Crippen molar-refractivity contribution < 1.29 is 5.11 Å². The molecule has 2 saturated carbocycles. The number of hydrogen-bond donors (Lipinski definition) is 2. The van der Waals surface area contributed by atoms with Gasteiger partial charge in [0.2, 0.25) is 0 Å². The first kappa shape index (κ1) is 13.8. The lowest BCUT2D eigenvalue weighted by atomic mass is 9.87. The van der Waals surface area contributed by atoms with Crippen LogP contribution in [0.2, 0.25) is 0 Å². The molecule has 0 aromatic rings. The van der Waals surface area contributed by atoms with Crippen LogP contribution in [0.25, 0.3) is 0 Å². The van der Waals surface area contributed by atoms with E-state index in [0.29, 0.717) is 17.9 Å². The molecule has 3 heteroatoms. The third kappa shape index (κ3) is 3.50. The van der Waals surface area contributed by atoms with Crippen LogP contribution < -0.4 is 5.73 Å². The summed E-state index contributed by atoms with van der Waals surface area (Å²) in [5.41, 5.74) is 6.27. The molecular weight excluding hydrogens is 236 g/mol. The molecule has 0 amide bonds. The van der Waals surface area contributed by atoms with E-state index < -0.39 is 0 Å². The Balaban J connectivity index is 1.56. The fourth-order valence-electron chi connectivity index (χ4n) is 4.11. The zero-order chi connectivity index (χ0) is 13.4. The normalized spacial score (nSPS) is 36.2. The van der Waals surface area contributed by atoms with Crippen LogP contribution in [0.1, 0.15) is 51.9 Å². The number of hydrogen-bond acceptors (Lipinski definition) is 3. The monoisotopic (exact) mass is 266 g/mol. The second kappa shape index (κ2) is 5.71. The molecule has 1 aliphatic heterocycles. The van der Waals surface area contributed by atoms with Gasteiger partial charge in [-0.3, -0.25) is 4.90 Å². The third-order valence-corrected chi connectivity index (χ3v) is 5.39. The van der Waals surface area contributed by atoms with E-state index in [-0.39, 0.29) is 6.10 Å². The van der Waals surface area contributed by atoms with Gasteiger partial charge in [0.1, 0.15) is 0 Å². The molecule has 0 radical (unpaired) electrons. The topological polar surface area (TPSA) is 49.5 Å². The zero-order valence-corrected chi connectivity index (χ0v) is 12.3. The van der Waals surface area contributed by atoms with Gasteiger partial charge in [-0.25, -0.2) is 0 Å². The average molecular weight is 266 g/mol. The number of aliphatic hydroxyl groups excluding tert-OH is 1. The molecule has 0 aromatic carbocycles. The largest absolute Gasteiger partial charge is 0.393 e. The predicted octanol–water partition coefficient (Wildman–Crippen LogP) is 1.99. The molecule has 19 heavy (non-hydrogen) atoms. The summed E-state index contributed by atoms with van der Waals surface area (Å²) < 4.78 is 0. The molecule has 3 nitrogen and oxygen atoms in total. The zero-order valence-electron chi connectivity index (χ0n) is 12.3. The lowest BCUT2D eigenvalue weighted by Gasteiger charge is -2.41. The van der Waals surface area contributed by atoms with Crippen molar-refractivity contribution in [1.29, 1.82) is 0 Å². The third-order valence-electron chi connectivity index (χ3n) is 5.39. The van der Waals surface area contributed by atoms with E-state index in [2.05, 4.69) is 11.8 Å². The van der Waals surface area contributed by atoms with E-state index in [1.54, 1.807) is 0 Å². The van der Waals surface area contributed by atoms with Crippen LogP contribution in [0.5, 0.6) is 0 Å².